The topological polar surface area (TPSA) is 75.8 Å². The van der Waals surface area contributed by atoms with Gasteiger partial charge in [0.2, 0.25) is 5.91 Å². The summed E-state index contributed by atoms with van der Waals surface area (Å²) < 4.78 is 5.89. The lowest BCUT2D eigenvalue weighted by Gasteiger charge is -2.27. The van der Waals surface area contributed by atoms with E-state index in [2.05, 4.69) is 6.92 Å². The first kappa shape index (κ1) is 20.7. The maximum absolute atomic E-state index is 11.7. The summed E-state index contributed by atoms with van der Waals surface area (Å²) in [5, 5.41) is 10.3. The van der Waals surface area contributed by atoms with Crippen molar-refractivity contribution < 1.29 is 14.6 Å². The molecule has 0 spiro atoms. The van der Waals surface area contributed by atoms with Gasteiger partial charge in [0.1, 0.15) is 0 Å². The second-order valence-electron chi connectivity index (χ2n) is 6.32. The molecular formula is C17H34N2O3S. The van der Waals surface area contributed by atoms with Gasteiger partial charge in [-0.25, -0.2) is 0 Å². The first-order chi connectivity index (χ1) is 11.1. The zero-order chi connectivity index (χ0) is 17.1. The molecule has 0 aromatic heterocycles. The number of nitrogens with zero attached hydrogens (tertiary/aromatic N) is 1. The summed E-state index contributed by atoms with van der Waals surface area (Å²) in [5.41, 5.74) is 5.46. The molecule has 136 valence electrons. The van der Waals surface area contributed by atoms with Crippen LogP contribution in [0.5, 0.6) is 0 Å². The highest BCUT2D eigenvalue weighted by Gasteiger charge is 2.27. The number of hydrogen-bond acceptors (Lipinski definition) is 5. The molecule has 0 radical (unpaired) electrons. The van der Waals surface area contributed by atoms with Crippen LogP contribution in [0.25, 0.3) is 0 Å². The third-order valence-corrected chi connectivity index (χ3v) is 5.40. The van der Waals surface area contributed by atoms with Crippen LogP contribution in [0, 0.1) is 0 Å². The van der Waals surface area contributed by atoms with Crippen LogP contribution >= 0.6 is 11.8 Å². The summed E-state index contributed by atoms with van der Waals surface area (Å²) in [6.07, 6.45) is 4.52. The highest BCUT2D eigenvalue weighted by atomic mass is 32.2. The van der Waals surface area contributed by atoms with E-state index >= 15 is 0 Å². The third-order valence-electron chi connectivity index (χ3n) is 4.29. The predicted octanol–water partition coefficient (Wildman–Crippen LogP) is 2.02. The number of rotatable bonds is 13. The van der Waals surface area contributed by atoms with Crippen molar-refractivity contribution in [1.29, 1.82) is 0 Å². The highest BCUT2D eigenvalue weighted by molar-refractivity contribution is 7.99. The Morgan fingerprint density at radius 1 is 1.39 bits per heavy atom. The minimum absolute atomic E-state index is 0.103. The van der Waals surface area contributed by atoms with Gasteiger partial charge in [-0.15, -0.1) is 0 Å². The Morgan fingerprint density at radius 2 is 2.17 bits per heavy atom. The highest BCUT2D eigenvalue weighted by Crippen LogP contribution is 2.19. The third kappa shape index (κ3) is 8.38. The smallest absolute Gasteiger partial charge is 0.222 e. The monoisotopic (exact) mass is 346 g/mol. The van der Waals surface area contributed by atoms with Crippen LogP contribution in [0.3, 0.4) is 0 Å². The fourth-order valence-corrected chi connectivity index (χ4v) is 3.70. The zero-order valence-electron chi connectivity index (χ0n) is 14.7. The van der Waals surface area contributed by atoms with E-state index < -0.39 is 6.10 Å². The van der Waals surface area contributed by atoms with E-state index in [-0.39, 0.29) is 18.1 Å². The van der Waals surface area contributed by atoms with E-state index in [1.54, 1.807) is 0 Å². The standard InChI is InChI=1S/C17H34N2O3S/c1-3-16(22-9-5-10-23-11-7-18)13-15(20)12-14(2)19-8-4-6-17(19)21/h14-16,20H,3-13,18H2,1-2H3. The maximum Gasteiger partial charge on any atom is 0.222 e. The molecule has 0 bridgehead atoms. The Hall–Kier alpha value is -0.300. The zero-order valence-corrected chi connectivity index (χ0v) is 15.5. The van der Waals surface area contributed by atoms with E-state index in [1.807, 2.05) is 23.6 Å². The van der Waals surface area contributed by atoms with Gasteiger partial charge in [-0.1, -0.05) is 6.92 Å². The molecule has 5 nitrogen and oxygen atoms in total. The van der Waals surface area contributed by atoms with E-state index in [1.165, 1.54) is 0 Å². The first-order valence-electron chi connectivity index (χ1n) is 8.95. The van der Waals surface area contributed by atoms with Gasteiger partial charge in [-0.05, 0) is 44.8 Å². The Labute approximate surface area is 145 Å². The number of aliphatic hydroxyl groups is 1. The van der Waals surface area contributed by atoms with Gasteiger partial charge in [0.05, 0.1) is 12.2 Å². The molecule has 3 unspecified atom stereocenters. The molecule has 1 aliphatic rings. The van der Waals surface area contributed by atoms with Crippen LogP contribution in [-0.2, 0) is 9.53 Å². The van der Waals surface area contributed by atoms with Gasteiger partial charge in [-0.3, -0.25) is 4.79 Å². The van der Waals surface area contributed by atoms with Gasteiger partial charge >= 0.3 is 0 Å². The van der Waals surface area contributed by atoms with Crippen LogP contribution < -0.4 is 5.73 Å². The second kappa shape index (κ2) is 12.1. The van der Waals surface area contributed by atoms with Gasteiger partial charge in [0.15, 0.2) is 0 Å². The predicted molar refractivity (Wildman–Crippen MR) is 96.7 cm³/mol. The number of carbonyl (C=O) groups excluding carboxylic acids is 1. The largest absolute Gasteiger partial charge is 0.393 e. The Balaban J connectivity index is 2.19. The minimum atomic E-state index is -0.407. The second-order valence-corrected chi connectivity index (χ2v) is 7.55. The molecule has 3 atom stereocenters. The molecule has 0 aromatic rings. The quantitative estimate of drug-likeness (QED) is 0.499. The Kier molecular flexibility index (Phi) is 10.9. The molecule has 0 saturated carbocycles. The van der Waals surface area contributed by atoms with Crippen molar-refractivity contribution in [2.75, 3.05) is 31.2 Å². The van der Waals surface area contributed by atoms with Crippen molar-refractivity contribution in [3.8, 4) is 0 Å². The number of likely N-dealkylation sites (tertiary alicyclic amines) is 1. The van der Waals surface area contributed by atoms with Crippen molar-refractivity contribution >= 4 is 17.7 Å². The molecule has 1 fully saturated rings. The molecule has 1 heterocycles. The summed E-state index contributed by atoms with van der Waals surface area (Å²) in [7, 11) is 0. The first-order valence-corrected chi connectivity index (χ1v) is 10.1. The maximum atomic E-state index is 11.7. The van der Waals surface area contributed by atoms with Gasteiger partial charge in [-0.2, -0.15) is 11.8 Å². The molecule has 0 aliphatic carbocycles. The molecule has 1 amide bonds. The molecule has 1 rings (SSSR count). The molecule has 23 heavy (non-hydrogen) atoms. The lowest BCUT2D eigenvalue weighted by molar-refractivity contribution is -0.129. The summed E-state index contributed by atoms with van der Waals surface area (Å²) in [5.74, 6) is 2.30. The number of aliphatic hydroxyl groups excluding tert-OH is 1. The fourth-order valence-electron chi connectivity index (χ4n) is 3.00. The number of hydrogen-bond donors (Lipinski definition) is 2. The summed E-state index contributed by atoms with van der Waals surface area (Å²) in [4.78, 5) is 13.6. The number of nitrogens with two attached hydrogens (primary N) is 1. The van der Waals surface area contributed by atoms with Crippen LogP contribution in [0.1, 0.15) is 52.4 Å². The summed E-state index contributed by atoms with van der Waals surface area (Å²) in [6, 6.07) is 0.116. The molecule has 0 aromatic carbocycles. The SMILES string of the molecule is CCC(CC(O)CC(C)N1CCCC1=O)OCCCSCCN. The minimum Gasteiger partial charge on any atom is -0.393 e. The van der Waals surface area contributed by atoms with Crippen molar-refractivity contribution in [3.05, 3.63) is 0 Å². The molecule has 1 aliphatic heterocycles. The van der Waals surface area contributed by atoms with E-state index in [4.69, 9.17) is 10.5 Å². The molecular weight excluding hydrogens is 312 g/mol. The normalized spacial score (nSPS) is 19.1. The van der Waals surface area contributed by atoms with Gasteiger partial charge < -0.3 is 20.5 Å². The van der Waals surface area contributed by atoms with Crippen molar-refractivity contribution in [1.82, 2.24) is 4.90 Å². The number of carbonyl (C=O) groups is 1. The summed E-state index contributed by atoms with van der Waals surface area (Å²) >= 11 is 1.86. The molecule has 6 heteroatoms. The lowest BCUT2D eigenvalue weighted by atomic mass is 10.0. The van der Waals surface area contributed by atoms with E-state index in [0.29, 0.717) is 19.3 Å². The van der Waals surface area contributed by atoms with Crippen LogP contribution in [-0.4, -0.2) is 65.4 Å². The van der Waals surface area contributed by atoms with Crippen molar-refractivity contribution in [3.63, 3.8) is 0 Å². The van der Waals surface area contributed by atoms with Crippen LogP contribution in [0.4, 0.5) is 0 Å². The average molecular weight is 347 g/mol. The Morgan fingerprint density at radius 3 is 2.78 bits per heavy atom. The van der Waals surface area contributed by atoms with E-state index in [0.717, 1.165) is 50.5 Å². The van der Waals surface area contributed by atoms with Crippen LogP contribution in [0.2, 0.25) is 0 Å². The number of thioether (sulfide) groups is 1. The average Bonchev–Trinajstić information content (AvgIpc) is 2.95. The Bertz CT molecular complexity index is 331. The van der Waals surface area contributed by atoms with E-state index in [9.17, 15) is 9.90 Å². The summed E-state index contributed by atoms with van der Waals surface area (Å²) in [6.45, 7) is 6.42. The van der Waals surface area contributed by atoms with Gasteiger partial charge in [0.25, 0.3) is 0 Å². The molecule has 1 saturated heterocycles. The van der Waals surface area contributed by atoms with Gasteiger partial charge in [0, 0.05) is 37.9 Å². The lowest BCUT2D eigenvalue weighted by Crippen LogP contribution is -2.37. The fraction of sp³-hybridized carbons (Fsp3) is 0.941. The molecule has 3 N–H and O–H groups in total. The number of amides is 1. The van der Waals surface area contributed by atoms with Crippen molar-refractivity contribution in [2.24, 2.45) is 5.73 Å². The van der Waals surface area contributed by atoms with Crippen LogP contribution in [0.15, 0.2) is 0 Å². The number of ether oxygens (including phenoxy) is 1. The van der Waals surface area contributed by atoms with Crippen molar-refractivity contribution in [2.45, 2.75) is 70.6 Å².